The predicted molar refractivity (Wildman–Crippen MR) is 49.8 cm³/mol. The molecule has 2 aliphatic rings. The monoisotopic (exact) mass is 224 g/mol. The molecule has 1 aromatic rings. The maximum Gasteiger partial charge on any atom is 0.0942 e. The lowest BCUT2D eigenvalue weighted by atomic mass is 10.0. The van der Waals surface area contributed by atoms with E-state index in [1.165, 1.54) is 24.0 Å². The van der Waals surface area contributed by atoms with Gasteiger partial charge >= 0.3 is 0 Å². The number of rotatable bonds is 0. The van der Waals surface area contributed by atoms with Gasteiger partial charge in [-0.15, -0.1) is 0 Å². The molecule has 1 spiro atoms. The summed E-state index contributed by atoms with van der Waals surface area (Å²) in [4.78, 5) is 0. The fourth-order valence-electron chi connectivity index (χ4n) is 1.92. The van der Waals surface area contributed by atoms with Crippen LogP contribution in [-0.2, 0) is 16.9 Å². The Morgan fingerprint density at radius 2 is 2.17 bits per heavy atom. The van der Waals surface area contributed by atoms with E-state index >= 15 is 0 Å². The molecule has 0 N–H and O–H groups in total. The van der Waals surface area contributed by atoms with Crippen LogP contribution in [0.4, 0.5) is 0 Å². The second kappa shape index (κ2) is 2.12. The van der Waals surface area contributed by atoms with Crippen LogP contribution in [0.1, 0.15) is 24.0 Å². The van der Waals surface area contributed by atoms with Gasteiger partial charge in [0, 0.05) is 4.47 Å². The molecule has 1 nitrogen and oxygen atoms in total. The average Bonchev–Trinajstić information content (AvgIpc) is 2.74. The standard InChI is InChI=1S/C10H9BrO/c11-8-2-1-7-6-12-10(3-4-10)9(7)5-8/h1-2,5H,3-4,6H2. The van der Waals surface area contributed by atoms with E-state index in [9.17, 15) is 0 Å². The van der Waals surface area contributed by atoms with Gasteiger partial charge in [-0.25, -0.2) is 0 Å². The highest BCUT2D eigenvalue weighted by Gasteiger charge is 2.50. The van der Waals surface area contributed by atoms with Gasteiger partial charge in [-0.1, -0.05) is 22.0 Å². The number of ether oxygens (including phenoxy) is 1. The van der Waals surface area contributed by atoms with E-state index in [4.69, 9.17) is 4.74 Å². The topological polar surface area (TPSA) is 9.23 Å². The summed E-state index contributed by atoms with van der Waals surface area (Å²) in [6, 6.07) is 6.45. The van der Waals surface area contributed by atoms with Crippen molar-refractivity contribution in [3.8, 4) is 0 Å². The summed E-state index contributed by atoms with van der Waals surface area (Å²) in [6.07, 6.45) is 2.41. The van der Waals surface area contributed by atoms with Crippen molar-refractivity contribution in [2.75, 3.05) is 0 Å². The van der Waals surface area contributed by atoms with Crippen molar-refractivity contribution in [2.24, 2.45) is 0 Å². The minimum absolute atomic E-state index is 0.138. The van der Waals surface area contributed by atoms with E-state index in [0.717, 1.165) is 11.1 Å². The number of hydrogen-bond acceptors (Lipinski definition) is 1. The van der Waals surface area contributed by atoms with Crippen LogP contribution in [0.3, 0.4) is 0 Å². The minimum atomic E-state index is 0.138. The molecular formula is C10H9BrO. The third kappa shape index (κ3) is 0.824. The Labute approximate surface area is 79.9 Å². The zero-order valence-electron chi connectivity index (χ0n) is 6.64. The molecule has 1 aliphatic heterocycles. The van der Waals surface area contributed by atoms with E-state index in [-0.39, 0.29) is 5.60 Å². The molecule has 0 amide bonds. The lowest BCUT2D eigenvalue weighted by molar-refractivity contribution is 0.0442. The first-order valence-electron chi connectivity index (χ1n) is 4.23. The molecule has 1 aromatic carbocycles. The molecule has 1 heterocycles. The van der Waals surface area contributed by atoms with Crippen LogP contribution < -0.4 is 0 Å². The first-order valence-corrected chi connectivity index (χ1v) is 5.02. The van der Waals surface area contributed by atoms with Crippen molar-refractivity contribution in [2.45, 2.75) is 25.0 Å². The van der Waals surface area contributed by atoms with E-state index in [2.05, 4.69) is 34.1 Å². The van der Waals surface area contributed by atoms with Crippen molar-refractivity contribution in [3.05, 3.63) is 33.8 Å². The molecule has 0 aromatic heterocycles. The smallest absolute Gasteiger partial charge is 0.0942 e. The van der Waals surface area contributed by atoms with Crippen molar-refractivity contribution in [1.82, 2.24) is 0 Å². The predicted octanol–water partition coefficient (Wildman–Crippen LogP) is 2.97. The molecule has 2 heteroatoms. The zero-order chi connectivity index (χ0) is 8.18. The van der Waals surface area contributed by atoms with Gasteiger partial charge in [0.15, 0.2) is 0 Å². The SMILES string of the molecule is Brc1ccc2c(c1)C1(CC1)OC2. The molecule has 1 fully saturated rings. The average molecular weight is 225 g/mol. The Bertz CT molecular complexity index is 342. The van der Waals surface area contributed by atoms with Crippen LogP contribution in [-0.4, -0.2) is 0 Å². The Morgan fingerprint density at radius 1 is 1.33 bits per heavy atom. The summed E-state index contributed by atoms with van der Waals surface area (Å²) in [6.45, 7) is 0.808. The van der Waals surface area contributed by atoms with Gasteiger partial charge in [-0.05, 0) is 36.1 Å². The van der Waals surface area contributed by atoms with Crippen LogP contribution in [0.15, 0.2) is 22.7 Å². The molecule has 0 radical (unpaired) electrons. The van der Waals surface area contributed by atoms with Crippen LogP contribution in [0.25, 0.3) is 0 Å². The molecule has 0 bridgehead atoms. The van der Waals surface area contributed by atoms with Crippen LogP contribution in [0.2, 0.25) is 0 Å². The second-order valence-corrected chi connectivity index (χ2v) is 4.50. The normalized spacial score (nSPS) is 22.8. The van der Waals surface area contributed by atoms with E-state index < -0.39 is 0 Å². The summed E-state index contributed by atoms with van der Waals surface area (Å²) in [5.74, 6) is 0. The third-order valence-electron chi connectivity index (χ3n) is 2.77. The summed E-state index contributed by atoms with van der Waals surface area (Å²) in [7, 11) is 0. The highest BCUT2D eigenvalue weighted by molar-refractivity contribution is 9.10. The number of halogens is 1. The van der Waals surface area contributed by atoms with Crippen molar-refractivity contribution < 1.29 is 4.74 Å². The molecule has 0 saturated heterocycles. The molecular weight excluding hydrogens is 216 g/mol. The van der Waals surface area contributed by atoms with Crippen molar-refractivity contribution in [1.29, 1.82) is 0 Å². The molecule has 1 saturated carbocycles. The van der Waals surface area contributed by atoms with Gasteiger partial charge in [-0.2, -0.15) is 0 Å². The maximum atomic E-state index is 5.76. The van der Waals surface area contributed by atoms with E-state index in [1.54, 1.807) is 0 Å². The molecule has 62 valence electrons. The second-order valence-electron chi connectivity index (χ2n) is 3.58. The Kier molecular flexibility index (Phi) is 1.25. The van der Waals surface area contributed by atoms with Crippen LogP contribution in [0, 0.1) is 0 Å². The first kappa shape index (κ1) is 7.10. The lowest BCUT2D eigenvalue weighted by Crippen LogP contribution is -2.01. The van der Waals surface area contributed by atoms with E-state index in [0.29, 0.717) is 0 Å². The van der Waals surface area contributed by atoms with Crippen LogP contribution in [0.5, 0.6) is 0 Å². The highest BCUT2D eigenvalue weighted by atomic mass is 79.9. The Morgan fingerprint density at radius 3 is 2.92 bits per heavy atom. The van der Waals surface area contributed by atoms with Gasteiger partial charge in [0.1, 0.15) is 0 Å². The molecule has 3 rings (SSSR count). The van der Waals surface area contributed by atoms with Gasteiger partial charge in [0.25, 0.3) is 0 Å². The quantitative estimate of drug-likeness (QED) is 0.659. The molecule has 1 aliphatic carbocycles. The third-order valence-corrected chi connectivity index (χ3v) is 3.26. The Balaban J connectivity index is 2.20. The van der Waals surface area contributed by atoms with Gasteiger partial charge in [0.05, 0.1) is 12.2 Å². The molecule has 12 heavy (non-hydrogen) atoms. The first-order chi connectivity index (χ1) is 5.80. The zero-order valence-corrected chi connectivity index (χ0v) is 8.23. The summed E-state index contributed by atoms with van der Waals surface area (Å²) in [5, 5.41) is 0. The van der Waals surface area contributed by atoms with Gasteiger partial charge in [-0.3, -0.25) is 0 Å². The fourth-order valence-corrected chi connectivity index (χ4v) is 2.28. The molecule has 0 unspecified atom stereocenters. The van der Waals surface area contributed by atoms with E-state index in [1.807, 2.05) is 0 Å². The van der Waals surface area contributed by atoms with Gasteiger partial charge in [0.2, 0.25) is 0 Å². The van der Waals surface area contributed by atoms with Crippen LogP contribution >= 0.6 is 15.9 Å². The minimum Gasteiger partial charge on any atom is -0.366 e. The number of benzene rings is 1. The number of fused-ring (bicyclic) bond motifs is 2. The largest absolute Gasteiger partial charge is 0.366 e. The van der Waals surface area contributed by atoms with Crippen molar-refractivity contribution in [3.63, 3.8) is 0 Å². The maximum absolute atomic E-state index is 5.76. The van der Waals surface area contributed by atoms with Crippen molar-refractivity contribution >= 4 is 15.9 Å². The lowest BCUT2D eigenvalue weighted by Gasteiger charge is -2.06. The fraction of sp³-hybridized carbons (Fsp3) is 0.400. The Hall–Kier alpha value is -0.340. The summed E-state index contributed by atoms with van der Waals surface area (Å²) < 4.78 is 6.92. The molecule has 0 atom stereocenters. The number of hydrogen-bond donors (Lipinski definition) is 0. The summed E-state index contributed by atoms with van der Waals surface area (Å²) >= 11 is 3.49. The highest BCUT2D eigenvalue weighted by Crippen LogP contribution is 2.55. The summed E-state index contributed by atoms with van der Waals surface area (Å²) in [5.41, 5.74) is 2.92. The van der Waals surface area contributed by atoms with Gasteiger partial charge < -0.3 is 4.74 Å².